The number of hydrogen-bond donors (Lipinski definition) is 1. The smallest absolute Gasteiger partial charge is 0.257 e. The number of hydrogen-bond acceptors (Lipinski definition) is 5. The van der Waals surface area contributed by atoms with Crippen LogP contribution in [-0.2, 0) is 26.0 Å². The molecule has 0 atom stereocenters. The van der Waals surface area contributed by atoms with Gasteiger partial charge in [0, 0.05) is 19.6 Å². The average molecular weight is 422 g/mol. The van der Waals surface area contributed by atoms with Gasteiger partial charge in [0.2, 0.25) is 10.0 Å². The molecule has 7 nitrogen and oxygen atoms in total. The fourth-order valence-electron chi connectivity index (χ4n) is 2.88. The molecular formula is C20H23FN2O5S. The van der Waals surface area contributed by atoms with Crippen molar-refractivity contribution in [1.82, 2.24) is 9.62 Å². The highest BCUT2D eigenvalue weighted by Gasteiger charge is 2.26. The second-order valence-corrected chi connectivity index (χ2v) is 8.41. The van der Waals surface area contributed by atoms with E-state index in [0.717, 1.165) is 0 Å². The van der Waals surface area contributed by atoms with Crippen molar-refractivity contribution in [2.75, 3.05) is 39.5 Å². The molecule has 1 heterocycles. The topological polar surface area (TPSA) is 84.9 Å². The number of amides is 1. The van der Waals surface area contributed by atoms with Crippen LogP contribution in [0.15, 0.2) is 53.4 Å². The van der Waals surface area contributed by atoms with Crippen molar-refractivity contribution < 1.29 is 27.1 Å². The Kier molecular flexibility index (Phi) is 7.18. The second-order valence-electron chi connectivity index (χ2n) is 6.47. The quantitative estimate of drug-likeness (QED) is 0.698. The van der Waals surface area contributed by atoms with Crippen molar-refractivity contribution >= 4 is 15.9 Å². The van der Waals surface area contributed by atoms with E-state index in [-0.39, 0.29) is 23.2 Å². The second kappa shape index (κ2) is 9.82. The van der Waals surface area contributed by atoms with Gasteiger partial charge in [0.15, 0.2) is 6.61 Å². The van der Waals surface area contributed by atoms with Crippen LogP contribution in [0.5, 0.6) is 5.75 Å². The largest absolute Gasteiger partial charge is 0.484 e. The van der Waals surface area contributed by atoms with E-state index in [9.17, 15) is 17.6 Å². The number of carbonyl (C=O) groups is 1. The summed E-state index contributed by atoms with van der Waals surface area (Å²) >= 11 is 0. The Balaban J connectivity index is 1.46. The molecule has 0 aromatic heterocycles. The SMILES string of the molecule is O=C(COc1ccc(S(=O)(=O)N2CCOCC2)cc1)NCCc1ccccc1F. The first-order valence-corrected chi connectivity index (χ1v) is 10.7. The van der Waals surface area contributed by atoms with Crippen LogP contribution in [-0.4, -0.2) is 58.1 Å². The van der Waals surface area contributed by atoms with Crippen LogP contribution >= 0.6 is 0 Å². The first-order valence-electron chi connectivity index (χ1n) is 9.28. The van der Waals surface area contributed by atoms with Crippen molar-refractivity contribution in [3.8, 4) is 5.75 Å². The van der Waals surface area contributed by atoms with Crippen LogP contribution in [0.2, 0.25) is 0 Å². The molecule has 1 aliphatic rings. The highest BCUT2D eigenvalue weighted by atomic mass is 32.2. The Labute approximate surface area is 169 Å². The maximum Gasteiger partial charge on any atom is 0.257 e. The van der Waals surface area contributed by atoms with Gasteiger partial charge in [0.25, 0.3) is 5.91 Å². The lowest BCUT2D eigenvalue weighted by Crippen LogP contribution is -2.40. The van der Waals surface area contributed by atoms with E-state index in [0.29, 0.717) is 50.6 Å². The highest BCUT2D eigenvalue weighted by Crippen LogP contribution is 2.20. The molecule has 1 amide bonds. The van der Waals surface area contributed by atoms with Gasteiger partial charge in [-0.3, -0.25) is 4.79 Å². The number of halogens is 1. The molecule has 1 N–H and O–H groups in total. The van der Waals surface area contributed by atoms with E-state index in [2.05, 4.69) is 5.32 Å². The predicted octanol–water partition coefficient (Wildman–Crippen LogP) is 1.58. The van der Waals surface area contributed by atoms with Gasteiger partial charge in [-0.2, -0.15) is 4.31 Å². The summed E-state index contributed by atoms with van der Waals surface area (Å²) in [5.74, 6) is -0.258. The maximum absolute atomic E-state index is 13.5. The normalized spacial score (nSPS) is 15.1. The third kappa shape index (κ3) is 5.75. The van der Waals surface area contributed by atoms with Crippen molar-refractivity contribution in [3.05, 3.63) is 59.9 Å². The molecule has 2 aromatic carbocycles. The maximum atomic E-state index is 13.5. The van der Waals surface area contributed by atoms with E-state index < -0.39 is 10.0 Å². The predicted molar refractivity (Wildman–Crippen MR) is 105 cm³/mol. The van der Waals surface area contributed by atoms with E-state index in [1.165, 1.54) is 34.6 Å². The Morgan fingerprint density at radius 3 is 2.48 bits per heavy atom. The fourth-order valence-corrected chi connectivity index (χ4v) is 4.29. The van der Waals surface area contributed by atoms with Crippen LogP contribution in [0.4, 0.5) is 4.39 Å². The minimum atomic E-state index is -3.56. The molecular weight excluding hydrogens is 399 g/mol. The van der Waals surface area contributed by atoms with Gasteiger partial charge in [-0.05, 0) is 42.3 Å². The van der Waals surface area contributed by atoms with E-state index in [4.69, 9.17) is 9.47 Å². The van der Waals surface area contributed by atoms with Crippen LogP contribution in [0, 0.1) is 5.82 Å². The Morgan fingerprint density at radius 2 is 1.79 bits per heavy atom. The zero-order valence-electron chi connectivity index (χ0n) is 15.8. The molecule has 0 saturated carbocycles. The minimum absolute atomic E-state index is 0.168. The summed E-state index contributed by atoms with van der Waals surface area (Å²) in [7, 11) is -3.56. The first-order chi connectivity index (χ1) is 14.0. The van der Waals surface area contributed by atoms with Crippen molar-refractivity contribution in [2.45, 2.75) is 11.3 Å². The van der Waals surface area contributed by atoms with E-state index in [1.54, 1.807) is 18.2 Å². The molecule has 1 aliphatic heterocycles. The average Bonchev–Trinajstić information content (AvgIpc) is 2.74. The number of morpholine rings is 1. The summed E-state index contributed by atoms with van der Waals surface area (Å²) in [5, 5.41) is 2.66. The lowest BCUT2D eigenvalue weighted by atomic mass is 10.1. The Bertz CT molecular complexity index is 928. The van der Waals surface area contributed by atoms with Crippen LogP contribution in [0.3, 0.4) is 0 Å². The Morgan fingerprint density at radius 1 is 1.10 bits per heavy atom. The molecule has 0 unspecified atom stereocenters. The number of ether oxygens (including phenoxy) is 2. The number of nitrogens with one attached hydrogen (secondary N) is 1. The van der Waals surface area contributed by atoms with Gasteiger partial charge in [-0.15, -0.1) is 0 Å². The third-order valence-electron chi connectivity index (χ3n) is 4.48. The fraction of sp³-hybridized carbons (Fsp3) is 0.350. The van der Waals surface area contributed by atoms with E-state index >= 15 is 0 Å². The molecule has 1 saturated heterocycles. The zero-order valence-corrected chi connectivity index (χ0v) is 16.7. The monoisotopic (exact) mass is 422 g/mol. The van der Waals surface area contributed by atoms with Crippen LogP contribution in [0.1, 0.15) is 5.56 Å². The number of nitrogens with zero attached hydrogens (tertiary/aromatic N) is 1. The van der Waals surface area contributed by atoms with Crippen molar-refractivity contribution in [3.63, 3.8) is 0 Å². The molecule has 1 fully saturated rings. The first kappa shape index (κ1) is 21.2. The van der Waals surface area contributed by atoms with Gasteiger partial charge in [0.05, 0.1) is 18.1 Å². The molecule has 156 valence electrons. The Hall–Kier alpha value is -2.49. The van der Waals surface area contributed by atoms with Gasteiger partial charge >= 0.3 is 0 Å². The molecule has 9 heteroatoms. The molecule has 2 aromatic rings. The van der Waals surface area contributed by atoms with Crippen molar-refractivity contribution in [1.29, 1.82) is 0 Å². The van der Waals surface area contributed by atoms with Gasteiger partial charge in [-0.25, -0.2) is 12.8 Å². The number of sulfonamides is 1. The molecule has 0 radical (unpaired) electrons. The van der Waals surface area contributed by atoms with Gasteiger partial charge < -0.3 is 14.8 Å². The summed E-state index contributed by atoms with van der Waals surface area (Å²) in [6.45, 7) is 1.49. The number of benzene rings is 2. The molecule has 0 bridgehead atoms. The molecule has 0 aliphatic carbocycles. The molecule has 3 rings (SSSR count). The lowest BCUT2D eigenvalue weighted by Gasteiger charge is -2.26. The summed E-state index contributed by atoms with van der Waals surface area (Å²) in [6, 6.07) is 12.3. The lowest BCUT2D eigenvalue weighted by molar-refractivity contribution is -0.123. The summed E-state index contributed by atoms with van der Waals surface area (Å²) in [5.41, 5.74) is 0.533. The summed E-state index contributed by atoms with van der Waals surface area (Å²) < 4.78 is 50.6. The molecule has 0 spiro atoms. The highest BCUT2D eigenvalue weighted by molar-refractivity contribution is 7.89. The zero-order chi connectivity index (χ0) is 20.7. The number of carbonyl (C=O) groups excluding carboxylic acids is 1. The van der Waals surface area contributed by atoms with E-state index in [1.807, 2.05) is 0 Å². The van der Waals surface area contributed by atoms with Gasteiger partial charge in [0.1, 0.15) is 11.6 Å². The van der Waals surface area contributed by atoms with Crippen LogP contribution < -0.4 is 10.1 Å². The number of rotatable bonds is 8. The molecule has 29 heavy (non-hydrogen) atoms. The van der Waals surface area contributed by atoms with Gasteiger partial charge in [-0.1, -0.05) is 18.2 Å². The summed E-state index contributed by atoms with van der Waals surface area (Å²) in [4.78, 5) is 12.0. The van der Waals surface area contributed by atoms with Crippen molar-refractivity contribution in [2.24, 2.45) is 0 Å². The minimum Gasteiger partial charge on any atom is -0.484 e. The summed E-state index contributed by atoms with van der Waals surface area (Å²) in [6.07, 6.45) is 0.381. The van der Waals surface area contributed by atoms with Crippen LogP contribution in [0.25, 0.3) is 0 Å². The third-order valence-corrected chi connectivity index (χ3v) is 6.39. The standard InChI is InChI=1S/C20H23FN2O5S/c21-19-4-2-1-3-16(19)9-10-22-20(24)15-28-17-5-7-18(8-6-17)29(25,26)23-11-13-27-14-12-23/h1-8H,9-15H2,(H,22,24).